The van der Waals surface area contributed by atoms with Crippen molar-refractivity contribution in [2.75, 3.05) is 25.4 Å². The van der Waals surface area contributed by atoms with Gasteiger partial charge in [0.25, 0.3) is 0 Å². The largest absolute Gasteiger partial charge is 0.357 e. The Morgan fingerprint density at radius 2 is 1.69 bits per heavy atom. The summed E-state index contributed by atoms with van der Waals surface area (Å²) in [7, 11) is -3.38. The lowest BCUT2D eigenvalue weighted by atomic mass is 10.1. The van der Waals surface area contributed by atoms with Crippen LogP contribution in [0.2, 0.25) is 5.02 Å². The summed E-state index contributed by atoms with van der Waals surface area (Å²) in [6.45, 7) is 3.82. The topological polar surface area (TPSA) is 82.6 Å². The molecule has 0 spiro atoms. The van der Waals surface area contributed by atoms with Crippen molar-refractivity contribution in [1.29, 1.82) is 0 Å². The van der Waals surface area contributed by atoms with Gasteiger partial charge in [0.2, 0.25) is 10.0 Å². The molecule has 0 aliphatic carbocycles. The fourth-order valence-corrected chi connectivity index (χ4v) is 3.45. The zero-order valence-electron chi connectivity index (χ0n) is 16.4. The summed E-state index contributed by atoms with van der Waals surface area (Å²) in [5, 5.41) is 7.06. The Kier molecular flexibility index (Phi) is 12.2. The summed E-state index contributed by atoms with van der Waals surface area (Å²) >= 11 is 5.89. The van der Waals surface area contributed by atoms with Crippen LogP contribution in [0, 0.1) is 0 Å². The second-order valence-electron chi connectivity index (χ2n) is 6.19. The van der Waals surface area contributed by atoms with Crippen molar-refractivity contribution in [2.24, 2.45) is 4.99 Å². The standard InChI is InChI=1S/C20H27ClN4O2S.HI/c1-2-22-20(23-13-12-17-8-10-19(21)11-9-17)24-14-15-28(26,27)25-16-18-6-4-3-5-7-18;/h3-11,25H,2,12-16H2,1H3,(H2,22,23,24);1H. The number of halogens is 2. The number of rotatable bonds is 10. The average Bonchev–Trinajstić information content (AvgIpc) is 2.69. The maximum Gasteiger partial charge on any atom is 0.213 e. The molecule has 0 unspecified atom stereocenters. The van der Waals surface area contributed by atoms with Crippen molar-refractivity contribution in [3.05, 3.63) is 70.7 Å². The Labute approximate surface area is 195 Å². The highest BCUT2D eigenvalue weighted by Gasteiger charge is 2.09. The fourth-order valence-electron chi connectivity index (χ4n) is 2.46. The molecule has 0 radical (unpaired) electrons. The molecule has 0 aliphatic heterocycles. The molecule has 0 saturated heterocycles. The van der Waals surface area contributed by atoms with Crippen molar-refractivity contribution >= 4 is 51.6 Å². The third kappa shape index (κ3) is 10.8. The van der Waals surface area contributed by atoms with Crippen LogP contribution in [0.15, 0.2) is 59.6 Å². The highest BCUT2D eigenvalue weighted by atomic mass is 127. The number of nitrogens with one attached hydrogen (secondary N) is 3. The first-order valence-electron chi connectivity index (χ1n) is 9.26. The van der Waals surface area contributed by atoms with E-state index >= 15 is 0 Å². The van der Waals surface area contributed by atoms with E-state index in [1.165, 1.54) is 5.56 Å². The first-order valence-corrected chi connectivity index (χ1v) is 11.3. The first kappa shape index (κ1) is 25.7. The van der Waals surface area contributed by atoms with Crippen molar-refractivity contribution in [2.45, 2.75) is 19.9 Å². The van der Waals surface area contributed by atoms with Crippen molar-refractivity contribution in [3.63, 3.8) is 0 Å². The summed E-state index contributed by atoms with van der Waals surface area (Å²) in [4.78, 5) is 4.35. The molecule has 0 aliphatic rings. The minimum Gasteiger partial charge on any atom is -0.357 e. The molecular weight excluding hydrogens is 523 g/mol. The van der Waals surface area contributed by atoms with Gasteiger partial charge < -0.3 is 10.6 Å². The number of sulfonamides is 1. The number of aliphatic imine (C=N–C) groups is 1. The van der Waals surface area contributed by atoms with Gasteiger partial charge in [0.05, 0.1) is 12.3 Å². The molecule has 9 heteroatoms. The van der Waals surface area contributed by atoms with Gasteiger partial charge in [-0.1, -0.05) is 54.1 Å². The molecule has 2 aromatic carbocycles. The fraction of sp³-hybridized carbons (Fsp3) is 0.350. The Morgan fingerprint density at radius 1 is 1.00 bits per heavy atom. The molecule has 0 fully saturated rings. The van der Waals surface area contributed by atoms with Gasteiger partial charge in [0.1, 0.15) is 0 Å². The monoisotopic (exact) mass is 550 g/mol. The Hall–Kier alpha value is -1.36. The van der Waals surface area contributed by atoms with Crippen LogP contribution in [0.25, 0.3) is 0 Å². The molecule has 6 nitrogen and oxygen atoms in total. The van der Waals surface area contributed by atoms with Crippen LogP contribution in [-0.4, -0.2) is 39.8 Å². The van der Waals surface area contributed by atoms with Crippen molar-refractivity contribution in [3.8, 4) is 0 Å². The zero-order chi connectivity index (χ0) is 20.2. The van der Waals surface area contributed by atoms with E-state index in [1.807, 2.05) is 61.5 Å². The third-order valence-corrected chi connectivity index (χ3v) is 5.49. The molecule has 0 aromatic heterocycles. The summed E-state index contributed by atoms with van der Waals surface area (Å²) in [5.41, 5.74) is 2.09. The van der Waals surface area contributed by atoms with Crippen molar-refractivity contribution in [1.82, 2.24) is 15.4 Å². The first-order chi connectivity index (χ1) is 13.5. The normalized spacial score (nSPS) is 11.6. The summed E-state index contributed by atoms with van der Waals surface area (Å²) in [5.74, 6) is 0.544. The lowest BCUT2D eigenvalue weighted by Gasteiger charge is -2.11. The van der Waals surface area contributed by atoms with E-state index in [-0.39, 0.29) is 42.8 Å². The molecule has 3 N–H and O–H groups in total. The summed E-state index contributed by atoms with van der Waals surface area (Å²) < 4.78 is 26.9. The van der Waals surface area contributed by atoms with Crippen LogP contribution >= 0.6 is 35.6 Å². The second kappa shape index (κ2) is 13.8. The number of guanidine groups is 1. The van der Waals surface area contributed by atoms with Gasteiger partial charge in [-0.3, -0.25) is 4.99 Å². The second-order valence-corrected chi connectivity index (χ2v) is 8.55. The minimum absolute atomic E-state index is 0. The smallest absolute Gasteiger partial charge is 0.213 e. The molecule has 0 saturated carbocycles. The van der Waals surface area contributed by atoms with E-state index in [0.717, 1.165) is 12.0 Å². The van der Waals surface area contributed by atoms with Crippen LogP contribution in [0.5, 0.6) is 0 Å². The summed E-state index contributed by atoms with van der Waals surface area (Å²) in [6.07, 6.45) is 0.818. The molecule has 160 valence electrons. The molecular formula is C20H28ClIN4O2S. The van der Waals surface area contributed by atoms with Gasteiger partial charge >= 0.3 is 0 Å². The predicted molar refractivity (Wildman–Crippen MR) is 132 cm³/mol. The van der Waals surface area contributed by atoms with E-state index in [9.17, 15) is 8.42 Å². The minimum atomic E-state index is -3.38. The molecule has 2 aromatic rings. The molecule has 0 atom stereocenters. The molecule has 0 heterocycles. The quantitative estimate of drug-likeness (QED) is 0.241. The SMILES string of the molecule is CCNC(=NCCS(=O)(=O)NCc1ccccc1)NCCc1ccc(Cl)cc1.I. The predicted octanol–water partition coefficient (Wildman–Crippen LogP) is 3.18. The Bertz CT molecular complexity index is 847. The van der Waals surface area contributed by atoms with Crippen LogP contribution in [0.4, 0.5) is 0 Å². The van der Waals surface area contributed by atoms with Gasteiger partial charge in [0.15, 0.2) is 5.96 Å². The van der Waals surface area contributed by atoms with Gasteiger partial charge in [0, 0.05) is 24.7 Å². The maximum atomic E-state index is 12.1. The van der Waals surface area contributed by atoms with E-state index in [0.29, 0.717) is 24.1 Å². The molecule has 29 heavy (non-hydrogen) atoms. The zero-order valence-corrected chi connectivity index (χ0v) is 20.3. The van der Waals surface area contributed by atoms with Crippen LogP contribution in [0.3, 0.4) is 0 Å². The Balaban J connectivity index is 0.00000420. The number of hydrogen-bond donors (Lipinski definition) is 3. The molecule has 0 bridgehead atoms. The highest BCUT2D eigenvalue weighted by Crippen LogP contribution is 2.09. The number of hydrogen-bond acceptors (Lipinski definition) is 3. The highest BCUT2D eigenvalue weighted by molar-refractivity contribution is 14.0. The number of nitrogens with zero attached hydrogens (tertiary/aromatic N) is 1. The van der Waals surface area contributed by atoms with Crippen molar-refractivity contribution < 1.29 is 8.42 Å². The lowest BCUT2D eigenvalue weighted by molar-refractivity contribution is 0.581. The Morgan fingerprint density at radius 3 is 2.34 bits per heavy atom. The van der Waals surface area contributed by atoms with E-state index < -0.39 is 10.0 Å². The number of benzene rings is 2. The van der Waals surface area contributed by atoms with Gasteiger partial charge in [-0.25, -0.2) is 13.1 Å². The molecule has 0 amide bonds. The van der Waals surface area contributed by atoms with Crippen LogP contribution in [-0.2, 0) is 23.0 Å². The van der Waals surface area contributed by atoms with Gasteiger partial charge in [-0.05, 0) is 36.6 Å². The van der Waals surface area contributed by atoms with E-state index in [1.54, 1.807) is 0 Å². The van der Waals surface area contributed by atoms with E-state index in [2.05, 4.69) is 20.3 Å². The lowest BCUT2D eigenvalue weighted by Crippen LogP contribution is -2.39. The van der Waals surface area contributed by atoms with E-state index in [4.69, 9.17) is 11.6 Å². The van der Waals surface area contributed by atoms with Gasteiger partial charge in [-0.2, -0.15) is 0 Å². The third-order valence-electron chi connectivity index (χ3n) is 3.93. The van der Waals surface area contributed by atoms with Gasteiger partial charge in [-0.15, -0.1) is 24.0 Å². The maximum absolute atomic E-state index is 12.1. The van der Waals surface area contributed by atoms with Crippen LogP contribution < -0.4 is 15.4 Å². The molecule has 2 rings (SSSR count). The average molecular weight is 551 g/mol. The van der Waals surface area contributed by atoms with Crippen LogP contribution in [0.1, 0.15) is 18.1 Å². The summed E-state index contributed by atoms with van der Waals surface area (Å²) in [6, 6.07) is 17.1.